The Morgan fingerprint density at radius 1 is 1.45 bits per heavy atom. The fraction of sp³-hybridized carbons (Fsp3) is 0.467. The highest BCUT2D eigenvalue weighted by Gasteiger charge is 2.30. The molecule has 118 valence electrons. The number of benzene rings is 1. The molecule has 0 bridgehead atoms. The lowest BCUT2D eigenvalue weighted by molar-refractivity contribution is -0.133. The van der Waals surface area contributed by atoms with E-state index in [1.807, 2.05) is 6.07 Å². The van der Waals surface area contributed by atoms with Crippen molar-refractivity contribution in [2.75, 3.05) is 31.1 Å². The number of nitrogens with two attached hydrogens (primary N) is 1. The molecule has 0 aliphatic carbocycles. The number of carbonyl (C=O) groups excluding carboxylic acids is 2. The van der Waals surface area contributed by atoms with Gasteiger partial charge in [0, 0.05) is 23.6 Å². The van der Waals surface area contributed by atoms with Gasteiger partial charge in [-0.25, -0.2) is 0 Å². The lowest BCUT2D eigenvalue weighted by Crippen LogP contribution is -2.51. The first-order chi connectivity index (χ1) is 10.5. The van der Waals surface area contributed by atoms with Crippen molar-refractivity contribution in [2.24, 2.45) is 5.73 Å². The zero-order valence-corrected chi connectivity index (χ0v) is 13.7. The number of hydrogen-bond donors (Lipinski definition) is 1. The Bertz CT molecular complexity index is 608. The molecule has 0 saturated carbocycles. The van der Waals surface area contributed by atoms with Gasteiger partial charge in [-0.2, -0.15) is 0 Å². The van der Waals surface area contributed by atoms with Gasteiger partial charge >= 0.3 is 0 Å². The summed E-state index contributed by atoms with van der Waals surface area (Å²) in [6.45, 7) is 1.25. The number of halogens is 1. The molecular weight excluding hydrogens is 350 g/mol. The summed E-state index contributed by atoms with van der Waals surface area (Å²) in [4.78, 5) is 27.8. The first-order valence-corrected chi connectivity index (χ1v) is 8.10. The van der Waals surface area contributed by atoms with Gasteiger partial charge in [0.1, 0.15) is 12.3 Å². The maximum absolute atomic E-state index is 12.5. The zero-order valence-electron chi connectivity index (χ0n) is 12.1. The summed E-state index contributed by atoms with van der Waals surface area (Å²) >= 11 is 3.37. The van der Waals surface area contributed by atoms with Crippen LogP contribution in [0.3, 0.4) is 0 Å². The van der Waals surface area contributed by atoms with Crippen LogP contribution >= 0.6 is 15.9 Å². The summed E-state index contributed by atoms with van der Waals surface area (Å²) in [6.07, 6.45) is 1.85. The molecule has 2 heterocycles. The molecule has 1 atom stereocenters. The van der Waals surface area contributed by atoms with Crippen LogP contribution in [0.2, 0.25) is 0 Å². The Kier molecular flexibility index (Phi) is 4.35. The van der Waals surface area contributed by atoms with E-state index >= 15 is 0 Å². The number of piperidine rings is 1. The Labute approximate surface area is 137 Å². The average Bonchev–Trinajstić information content (AvgIpc) is 2.50. The third kappa shape index (κ3) is 3.10. The van der Waals surface area contributed by atoms with Crippen LogP contribution in [0.1, 0.15) is 12.8 Å². The van der Waals surface area contributed by atoms with E-state index in [1.165, 1.54) is 4.90 Å². The predicted molar refractivity (Wildman–Crippen MR) is 85.8 cm³/mol. The molecule has 0 radical (unpaired) electrons. The van der Waals surface area contributed by atoms with Crippen molar-refractivity contribution in [1.29, 1.82) is 0 Å². The zero-order chi connectivity index (χ0) is 15.7. The van der Waals surface area contributed by atoms with Gasteiger partial charge in [0.15, 0.2) is 6.61 Å². The van der Waals surface area contributed by atoms with Gasteiger partial charge in [0.25, 0.3) is 5.91 Å². The Hall–Kier alpha value is -1.60. The molecule has 2 N–H and O–H groups in total. The van der Waals surface area contributed by atoms with E-state index in [-0.39, 0.29) is 31.0 Å². The minimum absolute atomic E-state index is 0.0290. The predicted octanol–water partition coefficient (Wildman–Crippen LogP) is 1.12. The standard InChI is InChI=1S/C15H18BrN3O3/c16-10-3-4-12-13(6-10)22-9-15(21)19(12)8-14(20)18-5-1-2-11(17)7-18/h3-4,6,11H,1-2,5,7-9,17H2. The van der Waals surface area contributed by atoms with Crippen molar-refractivity contribution in [1.82, 2.24) is 4.90 Å². The Morgan fingerprint density at radius 2 is 2.27 bits per heavy atom. The van der Waals surface area contributed by atoms with Crippen molar-refractivity contribution in [3.63, 3.8) is 0 Å². The number of carbonyl (C=O) groups is 2. The average molecular weight is 368 g/mol. The second-order valence-electron chi connectivity index (χ2n) is 5.62. The second kappa shape index (κ2) is 6.26. The summed E-state index contributed by atoms with van der Waals surface area (Å²) in [6, 6.07) is 5.44. The third-order valence-corrected chi connectivity index (χ3v) is 4.46. The van der Waals surface area contributed by atoms with Gasteiger partial charge in [-0.15, -0.1) is 0 Å². The monoisotopic (exact) mass is 367 g/mol. The number of rotatable bonds is 2. The van der Waals surface area contributed by atoms with Crippen molar-refractivity contribution in [3.05, 3.63) is 22.7 Å². The summed E-state index contributed by atoms with van der Waals surface area (Å²) in [5.41, 5.74) is 6.55. The summed E-state index contributed by atoms with van der Waals surface area (Å²) in [5.74, 6) is 0.334. The van der Waals surface area contributed by atoms with Crippen LogP contribution in [0.25, 0.3) is 0 Å². The highest BCUT2D eigenvalue weighted by Crippen LogP contribution is 2.34. The normalized spacial score (nSPS) is 21.4. The molecule has 22 heavy (non-hydrogen) atoms. The van der Waals surface area contributed by atoms with E-state index in [9.17, 15) is 9.59 Å². The fourth-order valence-electron chi connectivity index (χ4n) is 2.82. The molecule has 0 spiro atoms. The van der Waals surface area contributed by atoms with Gasteiger partial charge < -0.3 is 15.4 Å². The van der Waals surface area contributed by atoms with Crippen molar-refractivity contribution < 1.29 is 14.3 Å². The molecule has 1 unspecified atom stereocenters. The van der Waals surface area contributed by atoms with Gasteiger partial charge in [0.2, 0.25) is 5.91 Å². The number of ether oxygens (including phenoxy) is 1. The number of nitrogens with zero attached hydrogens (tertiary/aromatic N) is 2. The number of amides is 2. The van der Waals surface area contributed by atoms with Crippen LogP contribution in [-0.2, 0) is 9.59 Å². The molecule has 1 aromatic carbocycles. The van der Waals surface area contributed by atoms with Crippen LogP contribution in [0.5, 0.6) is 5.75 Å². The van der Waals surface area contributed by atoms with Gasteiger partial charge in [-0.1, -0.05) is 15.9 Å². The highest BCUT2D eigenvalue weighted by molar-refractivity contribution is 9.10. The van der Waals surface area contributed by atoms with E-state index in [4.69, 9.17) is 10.5 Å². The van der Waals surface area contributed by atoms with E-state index in [2.05, 4.69) is 15.9 Å². The molecule has 3 rings (SSSR count). The molecule has 2 aliphatic heterocycles. The number of anilines is 1. The SMILES string of the molecule is NC1CCCN(C(=O)CN2C(=O)COc3cc(Br)ccc32)C1. The summed E-state index contributed by atoms with van der Waals surface area (Å²) in [5, 5.41) is 0. The van der Waals surface area contributed by atoms with Crippen LogP contribution in [0.4, 0.5) is 5.69 Å². The fourth-order valence-corrected chi connectivity index (χ4v) is 3.16. The first kappa shape index (κ1) is 15.3. The molecule has 6 nitrogen and oxygen atoms in total. The number of fused-ring (bicyclic) bond motifs is 1. The maximum Gasteiger partial charge on any atom is 0.265 e. The number of hydrogen-bond acceptors (Lipinski definition) is 4. The molecule has 0 aromatic heterocycles. The lowest BCUT2D eigenvalue weighted by Gasteiger charge is -2.34. The molecule has 2 amide bonds. The van der Waals surface area contributed by atoms with Crippen LogP contribution in [0, 0.1) is 0 Å². The second-order valence-corrected chi connectivity index (χ2v) is 6.54. The maximum atomic E-state index is 12.5. The van der Waals surface area contributed by atoms with Crippen LogP contribution in [0.15, 0.2) is 22.7 Å². The first-order valence-electron chi connectivity index (χ1n) is 7.30. The van der Waals surface area contributed by atoms with Gasteiger partial charge in [0.05, 0.1) is 5.69 Å². The smallest absolute Gasteiger partial charge is 0.265 e. The van der Waals surface area contributed by atoms with Crippen molar-refractivity contribution in [3.8, 4) is 5.75 Å². The van der Waals surface area contributed by atoms with E-state index in [0.717, 1.165) is 17.3 Å². The van der Waals surface area contributed by atoms with E-state index in [0.29, 0.717) is 24.5 Å². The van der Waals surface area contributed by atoms with Crippen molar-refractivity contribution in [2.45, 2.75) is 18.9 Å². The highest BCUT2D eigenvalue weighted by atomic mass is 79.9. The summed E-state index contributed by atoms with van der Waals surface area (Å²) in [7, 11) is 0. The Morgan fingerprint density at radius 3 is 3.05 bits per heavy atom. The molecule has 7 heteroatoms. The summed E-state index contributed by atoms with van der Waals surface area (Å²) < 4.78 is 6.29. The largest absolute Gasteiger partial charge is 0.482 e. The molecular formula is C15H18BrN3O3. The third-order valence-electron chi connectivity index (χ3n) is 3.97. The topological polar surface area (TPSA) is 75.9 Å². The minimum Gasteiger partial charge on any atom is -0.482 e. The Balaban J connectivity index is 1.77. The molecule has 1 saturated heterocycles. The minimum atomic E-state index is -0.204. The molecule has 2 aliphatic rings. The quantitative estimate of drug-likeness (QED) is 0.849. The van der Waals surface area contributed by atoms with Gasteiger partial charge in [-0.3, -0.25) is 14.5 Å². The molecule has 1 fully saturated rings. The molecule has 1 aromatic rings. The van der Waals surface area contributed by atoms with Crippen LogP contribution < -0.4 is 15.4 Å². The van der Waals surface area contributed by atoms with E-state index < -0.39 is 0 Å². The van der Waals surface area contributed by atoms with Crippen LogP contribution in [-0.4, -0.2) is 49.0 Å². The number of likely N-dealkylation sites (tertiary alicyclic amines) is 1. The lowest BCUT2D eigenvalue weighted by atomic mass is 10.1. The van der Waals surface area contributed by atoms with E-state index in [1.54, 1.807) is 17.0 Å². The van der Waals surface area contributed by atoms with Crippen molar-refractivity contribution >= 4 is 33.4 Å². The van der Waals surface area contributed by atoms with Gasteiger partial charge in [-0.05, 0) is 31.0 Å².